The molecule has 0 saturated carbocycles. The van der Waals surface area contributed by atoms with Gasteiger partial charge < -0.3 is 17.9 Å². The second-order valence-corrected chi connectivity index (χ2v) is 3.14. The molecule has 78 valence electrons. The molecule has 0 atom stereocenters. The maximum atomic E-state index is 12.4. The first-order chi connectivity index (χ1) is 7.07. The number of aromatic amines is 1. The molecule has 1 aromatic carbocycles. The van der Waals surface area contributed by atoms with Crippen LogP contribution in [0.4, 0.5) is 12.9 Å². The van der Waals surface area contributed by atoms with Crippen molar-refractivity contribution in [2.75, 3.05) is 0 Å². The first-order valence-electron chi connectivity index (χ1n) is 4.37. The van der Waals surface area contributed by atoms with Crippen molar-refractivity contribution in [1.29, 1.82) is 0 Å². The van der Waals surface area contributed by atoms with E-state index in [1.807, 2.05) is 0 Å². The lowest BCUT2D eigenvalue weighted by Gasteiger charge is -2.15. The topological polar surface area (TPSA) is 28.7 Å². The molecule has 0 fully saturated rings. The van der Waals surface area contributed by atoms with Gasteiger partial charge in [0, 0.05) is 18.0 Å². The summed E-state index contributed by atoms with van der Waals surface area (Å²) in [5.74, 6) is 0.442. The number of nitrogens with zero attached hydrogens (tertiary/aromatic N) is 1. The third-order valence-corrected chi connectivity index (χ3v) is 2.04. The number of aromatic nitrogens is 2. The van der Waals surface area contributed by atoms with Gasteiger partial charge in [-0.3, -0.25) is 0 Å². The highest BCUT2D eigenvalue weighted by molar-refractivity contribution is 6.73. The van der Waals surface area contributed by atoms with Crippen molar-refractivity contribution in [2.24, 2.45) is 0 Å². The van der Waals surface area contributed by atoms with E-state index in [1.54, 1.807) is 12.3 Å². The van der Waals surface area contributed by atoms with Crippen LogP contribution in [0.1, 0.15) is 0 Å². The molecule has 0 aliphatic carbocycles. The summed E-state index contributed by atoms with van der Waals surface area (Å²) in [4.78, 5) is 6.65. The van der Waals surface area contributed by atoms with Gasteiger partial charge in [-0.1, -0.05) is 24.3 Å². The number of H-pyrrole nitrogens is 1. The van der Waals surface area contributed by atoms with E-state index in [4.69, 9.17) is 0 Å². The number of benzene rings is 1. The fourth-order valence-corrected chi connectivity index (χ4v) is 1.31. The predicted molar refractivity (Wildman–Crippen MR) is 52.7 cm³/mol. The van der Waals surface area contributed by atoms with Gasteiger partial charge >= 0.3 is 6.98 Å². The molecule has 0 bridgehead atoms. The molecule has 0 amide bonds. The van der Waals surface area contributed by atoms with Crippen LogP contribution in [0.15, 0.2) is 36.7 Å². The summed E-state index contributed by atoms with van der Waals surface area (Å²) in [7, 11) is 0. The minimum Gasteiger partial charge on any atom is -0.445 e. The minimum atomic E-state index is -4.95. The monoisotopic (exact) mass is 211 g/mol. The molecule has 2 nitrogen and oxygen atoms in total. The zero-order chi connectivity index (χ0) is 10.9. The Morgan fingerprint density at radius 2 is 2.00 bits per heavy atom. The molecule has 1 N–H and O–H groups in total. The molecular formula is C9H7BF3N2-. The van der Waals surface area contributed by atoms with Gasteiger partial charge in [-0.25, -0.2) is 4.98 Å². The summed E-state index contributed by atoms with van der Waals surface area (Å²) in [5.41, 5.74) is -0.166. The van der Waals surface area contributed by atoms with Gasteiger partial charge in [0.1, 0.15) is 5.82 Å². The van der Waals surface area contributed by atoms with Crippen LogP contribution in [0.2, 0.25) is 0 Å². The van der Waals surface area contributed by atoms with Crippen molar-refractivity contribution in [3.8, 4) is 11.4 Å². The minimum absolute atomic E-state index is 0.441. The van der Waals surface area contributed by atoms with E-state index in [9.17, 15) is 12.9 Å². The summed E-state index contributed by atoms with van der Waals surface area (Å²) >= 11 is 0. The Balaban J connectivity index is 2.44. The van der Waals surface area contributed by atoms with E-state index >= 15 is 0 Å². The highest BCUT2D eigenvalue weighted by Gasteiger charge is 2.25. The Labute approximate surface area is 84.2 Å². The second kappa shape index (κ2) is 3.45. The number of imidazole rings is 1. The molecule has 6 heteroatoms. The molecule has 0 radical (unpaired) electrons. The van der Waals surface area contributed by atoms with Crippen LogP contribution in [0.25, 0.3) is 11.4 Å². The lowest BCUT2D eigenvalue weighted by molar-refractivity contribution is 0.501. The standard InChI is InChI=1S/C9H7BF3N2/c11-10(12,13)8-3-1-2-7(6-8)9-14-4-5-15-9/h1-6H,(H,14,15)/q-1. The smallest absolute Gasteiger partial charge is 0.445 e. The van der Waals surface area contributed by atoms with Crippen LogP contribution in [-0.4, -0.2) is 16.9 Å². The van der Waals surface area contributed by atoms with Crippen LogP contribution in [0.5, 0.6) is 0 Å². The Bertz CT molecular complexity index is 451. The maximum absolute atomic E-state index is 12.4. The van der Waals surface area contributed by atoms with E-state index in [-0.39, 0.29) is 0 Å². The number of hydrogen-bond acceptors (Lipinski definition) is 1. The summed E-state index contributed by atoms with van der Waals surface area (Å²) in [5, 5.41) is 0. The van der Waals surface area contributed by atoms with Gasteiger partial charge in [0.05, 0.1) is 0 Å². The Morgan fingerprint density at radius 1 is 1.20 bits per heavy atom. The van der Waals surface area contributed by atoms with Crippen molar-refractivity contribution >= 4 is 12.4 Å². The van der Waals surface area contributed by atoms with Gasteiger partial charge in [-0.05, 0) is 0 Å². The van der Waals surface area contributed by atoms with Crippen molar-refractivity contribution in [3.05, 3.63) is 36.7 Å². The van der Waals surface area contributed by atoms with Crippen molar-refractivity contribution in [1.82, 2.24) is 9.97 Å². The second-order valence-electron chi connectivity index (χ2n) is 3.14. The highest BCUT2D eigenvalue weighted by Crippen LogP contribution is 2.16. The molecule has 0 unspecified atom stereocenters. The molecule has 2 rings (SSSR count). The highest BCUT2D eigenvalue weighted by atomic mass is 19.4. The Morgan fingerprint density at radius 3 is 2.60 bits per heavy atom. The van der Waals surface area contributed by atoms with E-state index in [0.29, 0.717) is 11.4 Å². The van der Waals surface area contributed by atoms with Crippen LogP contribution < -0.4 is 5.46 Å². The average molecular weight is 211 g/mol. The summed E-state index contributed by atoms with van der Waals surface area (Å²) in [6.45, 7) is -4.95. The average Bonchev–Trinajstić information content (AvgIpc) is 2.69. The zero-order valence-electron chi connectivity index (χ0n) is 7.62. The number of hydrogen-bond donors (Lipinski definition) is 1. The first-order valence-corrected chi connectivity index (χ1v) is 4.37. The summed E-state index contributed by atoms with van der Waals surface area (Å²) < 4.78 is 37.3. The largest absolute Gasteiger partial charge is 0.509 e. The molecule has 1 aromatic heterocycles. The number of halogens is 3. The molecule has 0 spiro atoms. The van der Waals surface area contributed by atoms with Crippen LogP contribution in [-0.2, 0) is 0 Å². The maximum Gasteiger partial charge on any atom is 0.509 e. The molecule has 0 saturated heterocycles. The predicted octanol–water partition coefficient (Wildman–Crippen LogP) is 2.13. The van der Waals surface area contributed by atoms with Crippen molar-refractivity contribution in [3.63, 3.8) is 0 Å². The lowest BCUT2D eigenvalue weighted by atomic mass is 9.79. The van der Waals surface area contributed by atoms with Gasteiger partial charge in [0.2, 0.25) is 0 Å². The lowest BCUT2D eigenvalue weighted by Crippen LogP contribution is -2.33. The van der Waals surface area contributed by atoms with Crippen molar-refractivity contribution in [2.45, 2.75) is 0 Å². The van der Waals surface area contributed by atoms with Gasteiger partial charge in [-0.15, -0.1) is 5.46 Å². The fourth-order valence-electron chi connectivity index (χ4n) is 1.31. The first kappa shape index (κ1) is 9.83. The number of rotatable bonds is 2. The van der Waals surface area contributed by atoms with Crippen LogP contribution >= 0.6 is 0 Å². The van der Waals surface area contributed by atoms with E-state index in [2.05, 4.69) is 9.97 Å². The zero-order valence-corrected chi connectivity index (χ0v) is 7.62. The third-order valence-electron chi connectivity index (χ3n) is 2.04. The quantitative estimate of drug-likeness (QED) is 0.757. The molecule has 15 heavy (non-hydrogen) atoms. The van der Waals surface area contributed by atoms with Crippen LogP contribution in [0, 0.1) is 0 Å². The van der Waals surface area contributed by atoms with E-state index < -0.39 is 12.4 Å². The van der Waals surface area contributed by atoms with Gasteiger partial charge in [0.25, 0.3) is 0 Å². The van der Waals surface area contributed by atoms with E-state index in [1.165, 1.54) is 12.3 Å². The van der Waals surface area contributed by atoms with Gasteiger partial charge in [-0.2, -0.15) is 0 Å². The summed E-state index contributed by atoms with van der Waals surface area (Å²) in [6, 6.07) is 5.12. The van der Waals surface area contributed by atoms with Gasteiger partial charge in [0.15, 0.2) is 0 Å². The molecule has 0 aliphatic heterocycles. The number of nitrogens with one attached hydrogen (secondary N) is 1. The van der Waals surface area contributed by atoms with Crippen LogP contribution in [0.3, 0.4) is 0 Å². The molecular weight excluding hydrogens is 204 g/mol. The fraction of sp³-hybridized carbons (Fsp3) is 0. The Kier molecular flexibility index (Phi) is 2.26. The summed E-state index contributed by atoms with van der Waals surface area (Å²) in [6.07, 6.45) is 3.07. The van der Waals surface area contributed by atoms with Crippen molar-refractivity contribution < 1.29 is 12.9 Å². The third kappa shape index (κ3) is 2.03. The molecule has 2 aromatic rings. The molecule has 1 heterocycles. The SMILES string of the molecule is F[B-](F)(F)c1cccc(-c2ncc[nH]2)c1. The Hall–Kier alpha value is -1.72. The normalized spacial score (nSPS) is 11.7. The van der Waals surface area contributed by atoms with E-state index in [0.717, 1.165) is 12.1 Å². The molecule has 0 aliphatic rings.